The van der Waals surface area contributed by atoms with Crippen molar-refractivity contribution >= 4 is 22.7 Å². The van der Waals surface area contributed by atoms with E-state index in [0.717, 1.165) is 44.5 Å². The third kappa shape index (κ3) is 3.87. The van der Waals surface area contributed by atoms with Crippen molar-refractivity contribution in [2.24, 2.45) is 0 Å². The number of para-hydroxylation sites is 1. The average molecular weight is 388 g/mol. The maximum absolute atomic E-state index is 5.44. The van der Waals surface area contributed by atoms with Crippen LogP contribution in [0, 0.1) is 0 Å². The van der Waals surface area contributed by atoms with E-state index < -0.39 is 0 Å². The molecule has 3 aromatic rings. The largest absolute Gasteiger partial charge is 0.497 e. The molecule has 0 bridgehead atoms. The van der Waals surface area contributed by atoms with Gasteiger partial charge < -0.3 is 9.64 Å². The molecule has 4 rings (SSSR count). The summed E-state index contributed by atoms with van der Waals surface area (Å²) in [4.78, 5) is 2.50. The van der Waals surface area contributed by atoms with Crippen LogP contribution in [0.4, 0.5) is 5.69 Å². The number of nitrogens with zero attached hydrogens (tertiary/aromatic N) is 2. The van der Waals surface area contributed by atoms with Crippen molar-refractivity contribution in [2.45, 2.75) is 46.1 Å². The van der Waals surface area contributed by atoms with E-state index in [1.54, 1.807) is 7.11 Å². The summed E-state index contributed by atoms with van der Waals surface area (Å²) in [6, 6.07) is 17.5. The first-order chi connectivity index (χ1) is 14.2. The summed E-state index contributed by atoms with van der Waals surface area (Å²) in [7, 11) is 1.74. The Bertz CT molecular complexity index is 1040. The van der Waals surface area contributed by atoms with E-state index in [1.807, 2.05) is 0 Å². The number of pyridine rings is 1. The lowest BCUT2D eigenvalue weighted by Gasteiger charge is -2.34. The van der Waals surface area contributed by atoms with Gasteiger partial charge in [-0.05, 0) is 60.7 Å². The quantitative estimate of drug-likeness (QED) is 0.501. The van der Waals surface area contributed by atoms with E-state index in [-0.39, 0.29) is 0 Å². The van der Waals surface area contributed by atoms with Crippen molar-refractivity contribution in [3.8, 4) is 5.75 Å². The van der Waals surface area contributed by atoms with Gasteiger partial charge in [0.15, 0.2) is 6.20 Å². The van der Waals surface area contributed by atoms with Crippen LogP contribution in [0.15, 0.2) is 60.4 Å². The number of hydrogen-bond donors (Lipinski definition) is 0. The average Bonchev–Trinajstić information content (AvgIpc) is 2.76. The molecule has 1 aromatic heterocycles. The molecule has 1 aliphatic rings. The lowest BCUT2D eigenvalue weighted by atomic mass is 9.96. The van der Waals surface area contributed by atoms with E-state index in [1.165, 1.54) is 33.4 Å². The van der Waals surface area contributed by atoms with Gasteiger partial charge in [-0.1, -0.05) is 26.0 Å². The van der Waals surface area contributed by atoms with Crippen molar-refractivity contribution in [2.75, 3.05) is 18.6 Å². The zero-order chi connectivity index (χ0) is 20.2. The first-order valence-corrected chi connectivity index (χ1v) is 10.8. The second kappa shape index (κ2) is 8.69. The minimum absolute atomic E-state index is 0.946. The third-order valence-electron chi connectivity index (χ3n) is 5.77. The van der Waals surface area contributed by atoms with Gasteiger partial charge in [-0.2, -0.15) is 4.57 Å². The van der Waals surface area contributed by atoms with Gasteiger partial charge in [0.2, 0.25) is 5.52 Å². The van der Waals surface area contributed by atoms with Crippen LogP contribution in [0.2, 0.25) is 0 Å². The fourth-order valence-electron chi connectivity index (χ4n) is 4.39. The topological polar surface area (TPSA) is 16.4 Å². The Balaban J connectivity index is 1.78. The highest BCUT2D eigenvalue weighted by Gasteiger charge is 2.22. The highest BCUT2D eigenvalue weighted by Crippen LogP contribution is 2.36. The summed E-state index contributed by atoms with van der Waals surface area (Å²) in [5, 5.41) is 1.33. The predicted molar refractivity (Wildman–Crippen MR) is 121 cm³/mol. The Morgan fingerprint density at radius 1 is 1.03 bits per heavy atom. The number of allylic oxidation sites excluding steroid dienone is 1. The second-order valence-corrected chi connectivity index (χ2v) is 7.76. The van der Waals surface area contributed by atoms with Crippen molar-refractivity contribution in [1.29, 1.82) is 0 Å². The zero-order valence-corrected chi connectivity index (χ0v) is 17.8. The molecule has 0 atom stereocenters. The Labute approximate surface area is 174 Å². The van der Waals surface area contributed by atoms with Gasteiger partial charge in [-0.3, -0.25) is 0 Å². The van der Waals surface area contributed by atoms with Gasteiger partial charge in [0.25, 0.3) is 0 Å². The summed E-state index contributed by atoms with van der Waals surface area (Å²) in [5.41, 5.74) is 6.73. The molecule has 0 spiro atoms. The fourth-order valence-corrected chi connectivity index (χ4v) is 4.39. The summed E-state index contributed by atoms with van der Waals surface area (Å²) in [6.07, 6.45) is 9.01. The van der Waals surface area contributed by atoms with Crippen LogP contribution in [0.1, 0.15) is 44.2 Å². The second-order valence-electron chi connectivity index (χ2n) is 7.76. The number of aryl methyl sites for hydroxylation is 2. The molecular formula is C26H31N2O+. The number of rotatable bonds is 6. The van der Waals surface area contributed by atoms with E-state index >= 15 is 0 Å². The number of benzene rings is 2. The molecule has 0 aliphatic carbocycles. The number of fused-ring (bicyclic) bond motifs is 2. The lowest BCUT2D eigenvalue weighted by Crippen LogP contribution is -2.34. The fraction of sp³-hybridized carbons (Fsp3) is 0.346. The van der Waals surface area contributed by atoms with Crippen LogP contribution in [-0.2, 0) is 13.0 Å². The first kappa shape index (κ1) is 19.5. The van der Waals surface area contributed by atoms with Crippen LogP contribution >= 0.6 is 0 Å². The van der Waals surface area contributed by atoms with E-state index in [2.05, 4.69) is 84.1 Å². The molecule has 0 N–H and O–H groups in total. The Kier molecular flexibility index (Phi) is 5.84. The monoisotopic (exact) mass is 387 g/mol. The van der Waals surface area contributed by atoms with Crippen molar-refractivity contribution in [3.63, 3.8) is 0 Å². The maximum atomic E-state index is 5.44. The molecule has 0 fully saturated rings. The molecular weight excluding hydrogens is 356 g/mol. The van der Waals surface area contributed by atoms with Crippen molar-refractivity contribution < 1.29 is 9.30 Å². The van der Waals surface area contributed by atoms with E-state index in [0.29, 0.717) is 0 Å². The van der Waals surface area contributed by atoms with E-state index in [4.69, 9.17) is 4.74 Å². The molecule has 3 nitrogen and oxygen atoms in total. The molecule has 150 valence electrons. The molecule has 0 unspecified atom stereocenters. The zero-order valence-electron chi connectivity index (χ0n) is 17.8. The van der Waals surface area contributed by atoms with E-state index in [9.17, 15) is 0 Å². The van der Waals surface area contributed by atoms with Gasteiger partial charge in [-0.15, -0.1) is 0 Å². The molecule has 3 heteroatoms. The van der Waals surface area contributed by atoms with Crippen LogP contribution in [0.25, 0.3) is 17.0 Å². The summed E-state index contributed by atoms with van der Waals surface area (Å²) in [5.74, 6) is 0.946. The minimum atomic E-state index is 0.946. The number of ether oxygens (including phenoxy) is 1. The maximum Gasteiger partial charge on any atom is 0.213 e. The first-order valence-electron chi connectivity index (χ1n) is 10.8. The summed E-state index contributed by atoms with van der Waals surface area (Å²) < 4.78 is 7.81. The Morgan fingerprint density at radius 3 is 2.69 bits per heavy atom. The standard InChI is InChI=1S/C26H31N2O/c1-4-15-27-17-14-20(24-8-6-7-9-26(24)27)18-22-11-10-21-19-23(29-3)12-13-25(21)28(22)16-5-2/h6-9,12-14,17-19H,4-5,10-11,15-16H2,1-3H3/q+1. The molecule has 0 saturated heterocycles. The van der Waals surface area contributed by atoms with Gasteiger partial charge in [0, 0.05) is 36.5 Å². The SMILES string of the molecule is CCCN1/C(=C\c2cc[n+](CCC)c3ccccc23)CCc2cc(OC)ccc21. The molecule has 29 heavy (non-hydrogen) atoms. The number of aromatic nitrogens is 1. The van der Waals surface area contributed by atoms with Crippen LogP contribution in [-0.4, -0.2) is 13.7 Å². The van der Waals surface area contributed by atoms with Crippen LogP contribution in [0.3, 0.4) is 0 Å². The normalized spacial score (nSPS) is 15.0. The number of anilines is 1. The highest BCUT2D eigenvalue weighted by molar-refractivity contribution is 5.86. The number of hydrogen-bond acceptors (Lipinski definition) is 2. The molecule has 0 radical (unpaired) electrons. The Hall–Kier alpha value is -2.81. The predicted octanol–water partition coefficient (Wildman–Crippen LogP) is 5.75. The third-order valence-corrected chi connectivity index (χ3v) is 5.77. The minimum Gasteiger partial charge on any atom is -0.497 e. The van der Waals surface area contributed by atoms with Crippen molar-refractivity contribution in [3.05, 3.63) is 71.6 Å². The van der Waals surface area contributed by atoms with Gasteiger partial charge in [-0.25, -0.2) is 0 Å². The molecule has 0 amide bonds. The summed E-state index contributed by atoms with van der Waals surface area (Å²) >= 11 is 0. The van der Waals surface area contributed by atoms with Crippen LogP contribution < -0.4 is 14.2 Å². The summed E-state index contributed by atoms with van der Waals surface area (Å²) in [6.45, 7) is 6.57. The van der Waals surface area contributed by atoms with Crippen LogP contribution in [0.5, 0.6) is 5.75 Å². The lowest BCUT2D eigenvalue weighted by molar-refractivity contribution is -0.671. The molecule has 0 saturated carbocycles. The highest BCUT2D eigenvalue weighted by atomic mass is 16.5. The molecule has 2 heterocycles. The van der Waals surface area contributed by atoms with Gasteiger partial charge in [0.1, 0.15) is 12.3 Å². The van der Waals surface area contributed by atoms with Gasteiger partial charge >= 0.3 is 0 Å². The number of methoxy groups -OCH3 is 1. The van der Waals surface area contributed by atoms with Crippen molar-refractivity contribution in [1.82, 2.24) is 0 Å². The molecule has 2 aromatic carbocycles. The smallest absolute Gasteiger partial charge is 0.213 e. The van der Waals surface area contributed by atoms with Gasteiger partial charge in [0.05, 0.1) is 12.5 Å². The Morgan fingerprint density at radius 2 is 1.90 bits per heavy atom. The molecule has 1 aliphatic heterocycles.